The molecule has 0 saturated carbocycles. The van der Waals surface area contributed by atoms with Crippen molar-refractivity contribution in [3.8, 4) is 0 Å². The SMILES string of the molecule is O=C(CSCc1ccccc1F)NCc1ccc(CN2CCOCC2)cc1. The molecule has 0 unspecified atom stereocenters. The highest BCUT2D eigenvalue weighted by molar-refractivity contribution is 7.99. The predicted octanol–water partition coefficient (Wildman–Crippen LogP) is 3.21. The van der Waals surface area contributed by atoms with Crippen LogP contribution in [-0.4, -0.2) is 42.9 Å². The standard InChI is InChI=1S/C21H25FN2O2S/c22-20-4-2-1-3-19(20)15-27-16-21(25)23-13-17-5-7-18(8-6-17)14-24-9-11-26-12-10-24/h1-8H,9-16H2,(H,23,25). The van der Waals surface area contributed by atoms with Gasteiger partial charge in [-0.15, -0.1) is 11.8 Å². The zero-order valence-corrected chi connectivity index (χ0v) is 16.1. The summed E-state index contributed by atoms with van der Waals surface area (Å²) in [5.41, 5.74) is 2.98. The monoisotopic (exact) mass is 388 g/mol. The quantitative estimate of drug-likeness (QED) is 0.754. The summed E-state index contributed by atoms with van der Waals surface area (Å²) in [6.07, 6.45) is 0. The molecule has 1 saturated heterocycles. The second kappa shape index (κ2) is 10.4. The second-order valence-electron chi connectivity index (χ2n) is 6.57. The van der Waals surface area contributed by atoms with Crippen molar-refractivity contribution < 1.29 is 13.9 Å². The number of halogens is 1. The number of morpholine rings is 1. The molecule has 0 aliphatic carbocycles. The summed E-state index contributed by atoms with van der Waals surface area (Å²) < 4.78 is 18.9. The van der Waals surface area contributed by atoms with E-state index in [-0.39, 0.29) is 11.7 Å². The predicted molar refractivity (Wildman–Crippen MR) is 107 cm³/mol. The van der Waals surface area contributed by atoms with Gasteiger partial charge in [0.05, 0.1) is 19.0 Å². The first-order chi connectivity index (χ1) is 13.2. The maximum Gasteiger partial charge on any atom is 0.230 e. The van der Waals surface area contributed by atoms with E-state index in [1.54, 1.807) is 12.1 Å². The maximum atomic E-state index is 13.5. The topological polar surface area (TPSA) is 41.6 Å². The highest BCUT2D eigenvalue weighted by Crippen LogP contribution is 2.15. The number of nitrogens with zero attached hydrogens (tertiary/aromatic N) is 1. The number of carbonyl (C=O) groups excluding carboxylic acids is 1. The fraction of sp³-hybridized carbons (Fsp3) is 0.381. The Morgan fingerprint density at radius 2 is 1.78 bits per heavy atom. The first-order valence-electron chi connectivity index (χ1n) is 9.16. The van der Waals surface area contributed by atoms with E-state index in [0.29, 0.717) is 23.6 Å². The highest BCUT2D eigenvalue weighted by atomic mass is 32.2. The molecular weight excluding hydrogens is 363 g/mol. The summed E-state index contributed by atoms with van der Waals surface area (Å²) >= 11 is 1.42. The second-order valence-corrected chi connectivity index (χ2v) is 7.55. The minimum atomic E-state index is -0.220. The zero-order valence-electron chi connectivity index (χ0n) is 15.3. The van der Waals surface area contributed by atoms with Gasteiger partial charge in [-0.25, -0.2) is 4.39 Å². The van der Waals surface area contributed by atoms with E-state index in [0.717, 1.165) is 38.4 Å². The molecule has 0 bridgehead atoms. The van der Waals surface area contributed by atoms with Gasteiger partial charge in [0, 0.05) is 31.9 Å². The van der Waals surface area contributed by atoms with Crippen LogP contribution in [0.3, 0.4) is 0 Å². The number of carbonyl (C=O) groups is 1. The van der Waals surface area contributed by atoms with Gasteiger partial charge in [-0.3, -0.25) is 9.69 Å². The molecule has 144 valence electrons. The lowest BCUT2D eigenvalue weighted by atomic mass is 10.1. The van der Waals surface area contributed by atoms with Gasteiger partial charge < -0.3 is 10.1 Å². The van der Waals surface area contributed by atoms with Crippen LogP contribution in [0, 0.1) is 5.82 Å². The Morgan fingerprint density at radius 3 is 2.52 bits per heavy atom. The lowest BCUT2D eigenvalue weighted by Gasteiger charge is -2.26. The van der Waals surface area contributed by atoms with Crippen molar-refractivity contribution in [2.45, 2.75) is 18.8 Å². The molecule has 0 spiro atoms. The van der Waals surface area contributed by atoms with E-state index >= 15 is 0 Å². The minimum absolute atomic E-state index is 0.0336. The van der Waals surface area contributed by atoms with Gasteiger partial charge in [-0.05, 0) is 22.8 Å². The largest absolute Gasteiger partial charge is 0.379 e. The smallest absolute Gasteiger partial charge is 0.230 e. The van der Waals surface area contributed by atoms with Crippen molar-refractivity contribution in [1.29, 1.82) is 0 Å². The molecule has 4 nitrogen and oxygen atoms in total. The molecule has 1 aliphatic rings. The van der Waals surface area contributed by atoms with Crippen LogP contribution in [0.5, 0.6) is 0 Å². The molecule has 1 N–H and O–H groups in total. The van der Waals surface area contributed by atoms with E-state index in [4.69, 9.17) is 4.74 Å². The van der Waals surface area contributed by atoms with Crippen molar-refractivity contribution in [3.63, 3.8) is 0 Å². The number of nitrogens with one attached hydrogen (secondary N) is 1. The van der Waals surface area contributed by atoms with Crippen molar-refractivity contribution in [2.24, 2.45) is 0 Å². The first kappa shape index (κ1) is 19.9. The molecular formula is C21H25FN2O2S. The molecule has 2 aromatic carbocycles. The number of hydrogen-bond donors (Lipinski definition) is 1. The number of ether oxygens (including phenoxy) is 1. The average Bonchev–Trinajstić information content (AvgIpc) is 2.70. The minimum Gasteiger partial charge on any atom is -0.379 e. The molecule has 0 aromatic heterocycles. The number of rotatable bonds is 8. The van der Waals surface area contributed by atoms with Gasteiger partial charge in [0.1, 0.15) is 5.82 Å². The van der Waals surface area contributed by atoms with Gasteiger partial charge in [0.2, 0.25) is 5.91 Å². The average molecular weight is 389 g/mol. The normalized spacial score (nSPS) is 14.9. The van der Waals surface area contributed by atoms with Gasteiger partial charge in [0.15, 0.2) is 0 Å². The van der Waals surface area contributed by atoms with Crippen molar-refractivity contribution in [3.05, 3.63) is 71.0 Å². The van der Waals surface area contributed by atoms with Gasteiger partial charge in [-0.1, -0.05) is 42.5 Å². The summed E-state index contributed by atoms with van der Waals surface area (Å²) in [6, 6.07) is 15.0. The number of amides is 1. The number of hydrogen-bond acceptors (Lipinski definition) is 4. The Morgan fingerprint density at radius 1 is 1.07 bits per heavy atom. The summed E-state index contributed by atoms with van der Waals surface area (Å²) in [5.74, 6) is 0.566. The zero-order chi connectivity index (χ0) is 18.9. The van der Waals surface area contributed by atoms with Crippen molar-refractivity contribution >= 4 is 17.7 Å². The van der Waals surface area contributed by atoms with Gasteiger partial charge in [0.25, 0.3) is 0 Å². The molecule has 3 rings (SSSR count). The Bertz CT molecular complexity index is 733. The van der Waals surface area contributed by atoms with Crippen LogP contribution < -0.4 is 5.32 Å². The third-order valence-corrected chi connectivity index (χ3v) is 5.45. The summed E-state index contributed by atoms with van der Waals surface area (Å²) in [5, 5.41) is 2.92. The molecule has 1 fully saturated rings. The molecule has 1 amide bonds. The lowest BCUT2D eigenvalue weighted by molar-refractivity contribution is -0.118. The fourth-order valence-electron chi connectivity index (χ4n) is 2.90. The van der Waals surface area contributed by atoms with Crippen LogP contribution in [-0.2, 0) is 28.4 Å². The van der Waals surface area contributed by atoms with Gasteiger partial charge in [-0.2, -0.15) is 0 Å². The maximum absolute atomic E-state index is 13.5. The fourth-order valence-corrected chi connectivity index (χ4v) is 3.74. The van der Waals surface area contributed by atoms with E-state index in [9.17, 15) is 9.18 Å². The summed E-state index contributed by atoms with van der Waals surface area (Å²) in [4.78, 5) is 14.4. The van der Waals surface area contributed by atoms with Crippen molar-refractivity contribution in [2.75, 3.05) is 32.1 Å². The number of thioether (sulfide) groups is 1. The Balaban J connectivity index is 1.36. The van der Waals surface area contributed by atoms with E-state index < -0.39 is 0 Å². The highest BCUT2D eigenvalue weighted by Gasteiger charge is 2.10. The molecule has 2 aromatic rings. The summed E-state index contributed by atoms with van der Waals surface area (Å²) in [7, 11) is 0. The Hall–Kier alpha value is -1.89. The Labute approximate surface area is 164 Å². The van der Waals surface area contributed by atoms with Crippen LogP contribution in [0.15, 0.2) is 48.5 Å². The molecule has 0 atom stereocenters. The third kappa shape index (κ3) is 6.65. The van der Waals surface area contributed by atoms with Crippen LogP contribution in [0.4, 0.5) is 4.39 Å². The van der Waals surface area contributed by atoms with E-state index in [1.807, 2.05) is 6.07 Å². The molecule has 1 aliphatic heterocycles. The van der Waals surface area contributed by atoms with Crippen LogP contribution >= 0.6 is 11.8 Å². The van der Waals surface area contributed by atoms with E-state index in [2.05, 4.69) is 34.5 Å². The number of benzene rings is 2. The van der Waals surface area contributed by atoms with Crippen molar-refractivity contribution in [1.82, 2.24) is 10.2 Å². The van der Waals surface area contributed by atoms with Gasteiger partial charge >= 0.3 is 0 Å². The third-order valence-electron chi connectivity index (χ3n) is 4.47. The Kier molecular flexibility index (Phi) is 7.68. The molecule has 6 heteroatoms. The van der Waals surface area contributed by atoms with E-state index in [1.165, 1.54) is 23.4 Å². The summed E-state index contributed by atoms with van der Waals surface area (Å²) in [6.45, 7) is 5.00. The van der Waals surface area contributed by atoms with Crippen LogP contribution in [0.25, 0.3) is 0 Å². The molecule has 1 heterocycles. The van der Waals surface area contributed by atoms with Crippen LogP contribution in [0.1, 0.15) is 16.7 Å². The molecule has 27 heavy (non-hydrogen) atoms. The van der Waals surface area contributed by atoms with Crippen LogP contribution in [0.2, 0.25) is 0 Å². The molecule has 0 radical (unpaired) electrons. The lowest BCUT2D eigenvalue weighted by Crippen LogP contribution is -2.35. The first-order valence-corrected chi connectivity index (χ1v) is 10.3.